The lowest BCUT2D eigenvalue weighted by Gasteiger charge is -2.39. The van der Waals surface area contributed by atoms with E-state index in [1.54, 1.807) is 6.20 Å². The van der Waals surface area contributed by atoms with Gasteiger partial charge in [0.25, 0.3) is 0 Å². The fraction of sp³-hybridized carbons (Fsp3) is 0.500. The smallest absolute Gasteiger partial charge is 0.163 e. The Balaban J connectivity index is 1.62. The minimum Gasteiger partial charge on any atom is -0.393 e. The molecule has 24 heavy (non-hydrogen) atoms. The normalized spacial score (nSPS) is 28.2. The van der Waals surface area contributed by atoms with Gasteiger partial charge in [-0.2, -0.15) is 0 Å². The van der Waals surface area contributed by atoms with Crippen molar-refractivity contribution in [3.8, 4) is 11.4 Å². The molecule has 0 aliphatic carbocycles. The molecular formula is C18H21N5O. The molecular weight excluding hydrogens is 302 g/mol. The number of rotatable bonds is 2. The number of hydrogen-bond acceptors (Lipinski definition) is 6. The van der Waals surface area contributed by atoms with Gasteiger partial charge in [0.2, 0.25) is 0 Å². The summed E-state index contributed by atoms with van der Waals surface area (Å²) in [5, 5.41) is 13.5. The van der Waals surface area contributed by atoms with Crippen molar-refractivity contribution in [2.75, 3.05) is 4.90 Å². The van der Waals surface area contributed by atoms with E-state index in [2.05, 4.69) is 15.2 Å². The zero-order valence-corrected chi connectivity index (χ0v) is 13.5. The predicted octanol–water partition coefficient (Wildman–Crippen LogP) is 1.63. The van der Waals surface area contributed by atoms with Crippen LogP contribution in [0.25, 0.3) is 11.4 Å². The third kappa shape index (κ3) is 2.21. The Morgan fingerprint density at radius 3 is 2.71 bits per heavy atom. The van der Waals surface area contributed by atoms with Crippen molar-refractivity contribution in [2.45, 2.75) is 57.0 Å². The third-order valence-corrected chi connectivity index (χ3v) is 5.54. The molecule has 124 valence electrons. The second-order valence-corrected chi connectivity index (χ2v) is 7.06. The number of nitrogens with one attached hydrogen (secondary N) is 1. The molecule has 2 N–H and O–H groups in total. The number of aromatic nitrogens is 3. The number of pyridine rings is 1. The zero-order valence-electron chi connectivity index (χ0n) is 13.5. The Morgan fingerprint density at radius 1 is 1.12 bits per heavy atom. The quantitative estimate of drug-likeness (QED) is 0.875. The number of aliphatic hydroxyl groups excluding tert-OH is 1. The maximum absolute atomic E-state index is 10.1. The van der Waals surface area contributed by atoms with Crippen molar-refractivity contribution >= 4 is 5.82 Å². The van der Waals surface area contributed by atoms with E-state index in [0.717, 1.165) is 61.7 Å². The highest BCUT2D eigenvalue weighted by Gasteiger charge is 2.42. The fourth-order valence-electron chi connectivity index (χ4n) is 4.48. The number of anilines is 1. The second-order valence-electron chi connectivity index (χ2n) is 7.06. The van der Waals surface area contributed by atoms with Crippen LogP contribution in [-0.2, 0) is 13.1 Å². The minimum atomic E-state index is -0.162. The number of hydrogen-bond donors (Lipinski definition) is 2. The van der Waals surface area contributed by atoms with E-state index in [-0.39, 0.29) is 6.10 Å². The number of piperidine rings is 1. The largest absolute Gasteiger partial charge is 0.393 e. The van der Waals surface area contributed by atoms with Crippen LogP contribution < -0.4 is 10.2 Å². The summed E-state index contributed by atoms with van der Waals surface area (Å²) < 4.78 is 0. The SMILES string of the molecule is OC1C[C@H]2CC[C@@H](C1)N2c1nc(-c2cccnc2)nc2c1CNC2. The highest BCUT2D eigenvalue weighted by molar-refractivity contribution is 5.62. The van der Waals surface area contributed by atoms with Crippen LogP contribution in [0.15, 0.2) is 24.5 Å². The Labute approximate surface area is 141 Å². The van der Waals surface area contributed by atoms with Crippen molar-refractivity contribution in [3.05, 3.63) is 35.8 Å². The summed E-state index contributed by atoms with van der Waals surface area (Å²) >= 11 is 0. The van der Waals surface area contributed by atoms with Crippen molar-refractivity contribution in [1.82, 2.24) is 20.3 Å². The van der Waals surface area contributed by atoms with Gasteiger partial charge in [-0.05, 0) is 37.8 Å². The van der Waals surface area contributed by atoms with Gasteiger partial charge in [0.15, 0.2) is 5.82 Å². The summed E-state index contributed by atoms with van der Waals surface area (Å²) in [6.07, 6.45) is 7.43. The van der Waals surface area contributed by atoms with Gasteiger partial charge in [-0.1, -0.05) is 0 Å². The molecule has 2 fully saturated rings. The first-order valence-electron chi connectivity index (χ1n) is 8.77. The first-order chi connectivity index (χ1) is 11.8. The monoisotopic (exact) mass is 323 g/mol. The molecule has 0 aromatic carbocycles. The summed E-state index contributed by atoms with van der Waals surface area (Å²) in [6, 6.07) is 4.74. The molecule has 2 aromatic heterocycles. The van der Waals surface area contributed by atoms with E-state index in [9.17, 15) is 5.11 Å². The molecule has 5 heterocycles. The number of nitrogens with zero attached hydrogens (tertiary/aromatic N) is 4. The highest BCUT2D eigenvalue weighted by atomic mass is 16.3. The predicted molar refractivity (Wildman–Crippen MR) is 90.3 cm³/mol. The maximum Gasteiger partial charge on any atom is 0.163 e. The Morgan fingerprint density at radius 2 is 1.96 bits per heavy atom. The van der Waals surface area contributed by atoms with Gasteiger partial charge in [0, 0.05) is 48.7 Å². The number of aliphatic hydroxyl groups is 1. The first kappa shape index (κ1) is 14.3. The Hall–Kier alpha value is -2.05. The van der Waals surface area contributed by atoms with Crippen molar-refractivity contribution in [3.63, 3.8) is 0 Å². The van der Waals surface area contributed by atoms with Crippen LogP contribution in [0.2, 0.25) is 0 Å². The first-order valence-corrected chi connectivity index (χ1v) is 8.77. The van der Waals surface area contributed by atoms with Crippen LogP contribution in [0.5, 0.6) is 0 Å². The molecule has 3 aliphatic rings. The third-order valence-electron chi connectivity index (χ3n) is 5.54. The Kier molecular flexibility index (Phi) is 3.28. The minimum absolute atomic E-state index is 0.162. The molecule has 5 rings (SSSR count). The average molecular weight is 323 g/mol. The lowest BCUT2D eigenvalue weighted by atomic mass is 9.99. The molecule has 2 saturated heterocycles. The highest BCUT2D eigenvalue weighted by Crippen LogP contribution is 2.41. The van der Waals surface area contributed by atoms with E-state index in [0.29, 0.717) is 12.1 Å². The zero-order chi connectivity index (χ0) is 16.1. The van der Waals surface area contributed by atoms with Gasteiger partial charge in [-0.25, -0.2) is 9.97 Å². The van der Waals surface area contributed by atoms with Crippen molar-refractivity contribution in [2.24, 2.45) is 0 Å². The lowest BCUT2D eigenvalue weighted by molar-refractivity contribution is 0.126. The molecule has 1 unspecified atom stereocenters. The van der Waals surface area contributed by atoms with Crippen LogP contribution in [0, 0.1) is 0 Å². The summed E-state index contributed by atoms with van der Waals surface area (Å²) in [7, 11) is 0. The molecule has 3 atom stereocenters. The number of fused-ring (bicyclic) bond motifs is 3. The molecule has 6 heteroatoms. The molecule has 3 aliphatic heterocycles. The average Bonchev–Trinajstić information content (AvgIpc) is 3.18. The van der Waals surface area contributed by atoms with Gasteiger partial charge in [0.05, 0.1) is 11.8 Å². The topological polar surface area (TPSA) is 74.2 Å². The van der Waals surface area contributed by atoms with Gasteiger partial charge in [0.1, 0.15) is 5.82 Å². The van der Waals surface area contributed by atoms with Gasteiger partial charge < -0.3 is 15.3 Å². The lowest BCUT2D eigenvalue weighted by Crippen LogP contribution is -2.45. The second kappa shape index (κ2) is 5.50. The molecule has 0 radical (unpaired) electrons. The van der Waals surface area contributed by atoms with Gasteiger partial charge in [-0.3, -0.25) is 4.98 Å². The molecule has 2 aromatic rings. The van der Waals surface area contributed by atoms with Crippen LogP contribution in [0.4, 0.5) is 5.82 Å². The molecule has 2 bridgehead atoms. The van der Waals surface area contributed by atoms with Crippen LogP contribution >= 0.6 is 0 Å². The van der Waals surface area contributed by atoms with Gasteiger partial charge >= 0.3 is 0 Å². The van der Waals surface area contributed by atoms with E-state index in [1.165, 1.54) is 5.56 Å². The van der Waals surface area contributed by atoms with E-state index < -0.39 is 0 Å². The standard InChI is InChI=1S/C18H21N5O/c24-14-6-12-3-4-13(7-14)23(12)18-15-9-20-10-16(15)21-17(22-18)11-2-1-5-19-8-11/h1-2,5,8,12-14,20,24H,3-4,6-7,9-10H2/t12-,13+,14?. The van der Waals surface area contributed by atoms with Crippen LogP contribution in [0.1, 0.15) is 36.9 Å². The summed E-state index contributed by atoms with van der Waals surface area (Å²) in [5.74, 6) is 1.83. The molecule has 6 nitrogen and oxygen atoms in total. The molecule has 0 amide bonds. The summed E-state index contributed by atoms with van der Waals surface area (Å²) in [6.45, 7) is 1.63. The van der Waals surface area contributed by atoms with Crippen LogP contribution in [0.3, 0.4) is 0 Å². The summed E-state index contributed by atoms with van der Waals surface area (Å²) in [4.78, 5) is 16.4. The van der Waals surface area contributed by atoms with Crippen molar-refractivity contribution in [1.29, 1.82) is 0 Å². The van der Waals surface area contributed by atoms with E-state index in [4.69, 9.17) is 9.97 Å². The Bertz CT molecular complexity index is 752. The van der Waals surface area contributed by atoms with E-state index >= 15 is 0 Å². The van der Waals surface area contributed by atoms with E-state index in [1.807, 2.05) is 18.3 Å². The molecule has 0 saturated carbocycles. The molecule has 0 spiro atoms. The maximum atomic E-state index is 10.1. The van der Waals surface area contributed by atoms with Crippen LogP contribution in [-0.4, -0.2) is 38.2 Å². The van der Waals surface area contributed by atoms with Crippen molar-refractivity contribution < 1.29 is 5.11 Å². The fourth-order valence-corrected chi connectivity index (χ4v) is 4.48. The summed E-state index contributed by atoms with van der Waals surface area (Å²) in [5.41, 5.74) is 3.29. The van der Waals surface area contributed by atoms with Gasteiger partial charge in [-0.15, -0.1) is 0 Å².